The first-order valence-corrected chi connectivity index (χ1v) is 8.25. The number of nitrogens with one attached hydrogen (secondary N) is 1. The second kappa shape index (κ2) is 8.68. The third kappa shape index (κ3) is 5.68. The molecule has 0 unspecified atom stereocenters. The van der Waals surface area contributed by atoms with Crippen LogP contribution in [0, 0.1) is 5.92 Å². The number of ether oxygens (including phenoxy) is 2. The molecule has 0 atom stereocenters. The van der Waals surface area contributed by atoms with Crippen LogP contribution < -0.4 is 14.8 Å². The minimum atomic E-state index is 0.600. The van der Waals surface area contributed by atoms with Crippen molar-refractivity contribution >= 4 is 17.3 Å². The smallest absolute Gasteiger partial charge is 0.137 e. The van der Waals surface area contributed by atoms with Crippen LogP contribution in [0.4, 0.5) is 5.69 Å². The van der Waals surface area contributed by atoms with Crippen LogP contribution in [0.25, 0.3) is 0 Å². The Hall–Kier alpha value is -1.87. The molecule has 0 heterocycles. The molecule has 0 aliphatic heterocycles. The van der Waals surface area contributed by atoms with Crippen LogP contribution in [-0.4, -0.2) is 13.7 Å². The van der Waals surface area contributed by atoms with Crippen molar-refractivity contribution < 1.29 is 9.47 Å². The minimum Gasteiger partial charge on any atom is -0.495 e. The summed E-state index contributed by atoms with van der Waals surface area (Å²) in [5.41, 5.74) is 2.13. The maximum atomic E-state index is 6.13. The number of halogens is 1. The zero-order valence-electron chi connectivity index (χ0n) is 13.9. The fraction of sp³-hybridized carbons (Fsp3) is 0.368. The topological polar surface area (TPSA) is 30.5 Å². The van der Waals surface area contributed by atoms with Gasteiger partial charge in [-0.25, -0.2) is 0 Å². The molecule has 2 aromatic rings. The van der Waals surface area contributed by atoms with Crippen molar-refractivity contribution in [2.45, 2.75) is 26.8 Å². The lowest BCUT2D eigenvalue weighted by molar-refractivity contribution is 0.289. The van der Waals surface area contributed by atoms with Gasteiger partial charge < -0.3 is 14.8 Å². The van der Waals surface area contributed by atoms with E-state index in [0.29, 0.717) is 23.2 Å². The van der Waals surface area contributed by atoms with E-state index in [1.807, 2.05) is 30.3 Å². The number of anilines is 1. The van der Waals surface area contributed by atoms with Gasteiger partial charge in [0, 0.05) is 12.2 Å². The highest BCUT2D eigenvalue weighted by molar-refractivity contribution is 6.32. The van der Waals surface area contributed by atoms with E-state index in [1.54, 1.807) is 7.11 Å². The molecule has 0 fully saturated rings. The average molecular weight is 334 g/mol. The number of hydrogen-bond acceptors (Lipinski definition) is 3. The van der Waals surface area contributed by atoms with Crippen molar-refractivity contribution in [2.24, 2.45) is 5.92 Å². The van der Waals surface area contributed by atoms with E-state index in [-0.39, 0.29) is 0 Å². The lowest BCUT2D eigenvalue weighted by Gasteiger charge is -2.11. The molecule has 0 spiro atoms. The second-order valence-electron chi connectivity index (χ2n) is 5.88. The predicted octanol–water partition coefficient (Wildman–Crippen LogP) is 5.39. The zero-order chi connectivity index (χ0) is 16.7. The molecule has 4 heteroatoms. The zero-order valence-corrected chi connectivity index (χ0v) is 14.7. The molecule has 0 aliphatic carbocycles. The minimum absolute atomic E-state index is 0.600. The van der Waals surface area contributed by atoms with E-state index in [2.05, 4.69) is 31.3 Å². The van der Waals surface area contributed by atoms with Gasteiger partial charge in [0.05, 0.1) is 18.7 Å². The Kier molecular flexibility index (Phi) is 6.60. The number of hydrogen-bond donors (Lipinski definition) is 1. The summed E-state index contributed by atoms with van der Waals surface area (Å²) in [6.07, 6.45) is 1.06. The summed E-state index contributed by atoms with van der Waals surface area (Å²) < 4.78 is 10.9. The molecule has 2 rings (SSSR count). The van der Waals surface area contributed by atoms with Gasteiger partial charge in [-0.2, -0.15) is 0 Å². The van der Waals surface area contributed by atoms with E-state index in [4.69, 9.17) is 21.1 Å². The molecule has 0 aliphatic rings. The van der Waals surface area contributed by atoms with Crippen LogP contribution in [0.2, 0.25) is 5.02 Å². The molecule has 23 heavy (non-hydrogen) atoms. The van der Waals surface area contributed by atoms with Crippen molar-refractivity contribution in [3.8, 4) is 11.5 Å². The van der Waals surface area contributed by atoms with Gasteiger partial charge in [-0.05, 0) is 48.2 Å². The first kappa shape index (κ1) is 17.5. The maximum Gasteiger partial charge on any atom is 0.137 e. The highest BCUT2D eigenvalue weighted by Gasteiger charge is 2.03. The first-order chi connectivity index (χ1) is 11.1. The lowest BCUT2D eigenvalue weighted by Crippen LogP contribution is -2.03. The molecule has 0 amide bonds. The van der Waals surface area contributed by atoms with Gasteiger partial charge in [-0.15, -0.1) is 0 Å². The van der Waals surface area contributed by atoms with Gasteiger partial charge in [0.15, 0.2) is 0 Å². The summed E-state index contributed by atoms with van der Waals surface area (Å²) in [4.78, 5) is 0. The standard InChI is InChI=1S/C19H24ClNO2/c1-14(2)9-10-23-17-6-4-5-15(11-17)13-21-16-7-8-19(22-3)18(20)12-16/h4-8,11-12,14,21H,9-10,13H2,1-3H3. The molecule has 0 bridgehead atoms. The van der Waals surface area contributed by atoms with Gasteiger partial charge in [0.2, 0.25) is 0 Å². The molecule has 0 aromatic heterocycles. The number of benzene rings is 2. The molecule has 1 N–H and O–H groups in total. The maximum absolute atomic E-state index is 6.13. The summed E-state index contributed by atoms with van der Waals surface area (Å²) in [5.74, 6) is 2.25. The van der Waals surface area contributed by atoms with E-state index < -0.39 is 0 Å². The fourth-order valence-corrected chi connectivity index (χ4v) is 2.40. The molecule has 0 saturated carbocycles. The Balaban J connectivity index is 1.91. The van der Waals surface area contributed by atoms with Crippen molar-refractivity contribution in [3.63, 3.8) is 0 Å². The van der Waals surface area contributed by atoms with Crippen LogP contribution in [0.5, 0.6) is 11.5 Å². The van der Waals surface area contributed by atoms with Crippen LogP contribution in [0.15, 0.2) is 42.5 Å². The molecule has 124 valence electrons. The van der Waals surface area contributed by atoms with Gasteiger partial charge in [0.1, 0.15) is 11.5 Å². The van der Waals surface area contributed by atoms with Crippen molar-refractivity contribution in [1.29, 1.82) is 0 Å². The van der Waals surface area contributed by atoms with Crippen LogP contribution >= 0.6 is 11.6 Å². The summed E-state index contributed by atoms with van der Waals surface area (Å²) in [6, 6.07) is 13.8. The van der Waals surface area contributed by atoms with Crippen molar-refractivity contribution in [1.82, 2.24) is 0 Å². The third-order valence-electron chi connectivity index (χ3n) is 3.51. The van der Waals surface area contributed by atoms with Gasteiger partial charge >= 0.3 is 0 Å². The predicted molar refractivity (Wildman–Crippen MR) is 96.7 cm³/mol. The second-order valence-corrected chi connectivity index (χ2v) is 6.29. The normalized spacial score (nSPS) is 10.7. The first-order valence-electron chi connectivity index (χ1n) is 7.87. The molecule has 2 aromatic carbocycles. The largest absolute Gasteiger partial charge is 0.495 e. The van der Waals surface area contributed by atoms with E-state index in [0.717, 1.165) is 24.5 Å². The van der Waals surface area contributed by atoms with Crippen LogP contribution in [0.1, 0.15) is 25.8 Å². The number of methoxy groups -OCH3 is 1. The molecular formula is C19H24ClNO2. The highest BCUT2D eigenvalue weighted by atomic mass is 35.5. The van der Waals surface area contributed by atoms with Gasteiger partial charge in [-0.3, -0.25) is 0 Å². The molecule has 3 nitrogen and oxygen atoms in total. The van der Waals surface area contributed by atoms with Crippen LogP contribution in [0.3, 0.4) is 0 Å². The van der Waals surface area contributed by atoms with Crippen molar-refractivity contribution in [3.05, 3.63) is 53.1 Å². The molecular weight excluding hydrogens is 310 g/mol. The lowest BCUT2D eigenvalue weighted by atomic mass is 10.1. The Labute approximate surface area is 143 Å². The monoisotopic (exact) mass is 333 g/mol. The summed E-state index contributed by atoms with van der Waals surface area (Å²) in [6.45, 7) is 5.86. The summed E-state index contributed by atoms with van der Waals surface area (Å²) in [7, 11) is 1.61. The Morgan fingerprint density at radius 2 is 1.96 bits per heavy atom. The van der Waals surface area contributed by atoms with Crippen molar-refractivity contribution in [2.75, 3.05) is 19.0 Å². The van der Waals surface area contributed by atoms with E-state index >= 15 is 0 Å². The van der Waals surface area contributed by atoms with Crippen LogP contribution in [-0.2, 0) is 6.54 Å². The van der Waals surface area contributed by atoms with E-state index in [9.17, 15) is 0 Å². The average Bonchev–Trinajstić information content (AvgIpc) is 2.53. The summed E-state index contributed by atoms with van der Waals surface area (Å²) >= 11 is 6.13. The quantitative estimate of drug-likeness (QED) is 0.703. The summed E-state index contributed by atoms with van der Waals surface area (Å²) in [5, 5.41) is 3.96. The Morgan fingerprint density at radius 3 is 2.65 bits per heavy atom. The molecule has 0 radical (unpaired) electrons. The van der Waals surface area contributed by atoms with Gasteiger partial charge in [0.25, 0.3) is 0 Å². The van der Waals surface area contributed by atoms with Gasteiger partial charge in [-0.1, -0.05) is 37.6 Å². The Bertz CT molecular complexity index is 629. The molecule has 0 saturated heterocycles. The third-order valence-corrected chi connectivity index (χ3v) is 3.81. The Morgan fingerprint density at radius 1 is 1.13 bits per heavy atom. The van der Waals surface area contributed by atoms with E-state index in [1.165, 1.54) is 5.56 Å². The fourth-order valence-electron chi connectivity index (χ4n) is 2.14. The highest BCUT2D eigenvalue weighted by Crippen LogP contribution is 2.27. The SMILES string of the molecule is COc1ccc(NCc2cccc(OCCC(C)C)c2)cc1Cl. The number of rotatable bonds is 8.